The highest BCUT2D eigenvalue weighted by Crippen LogP contribution is 2.19. The fraction of sp³-hybridized carbons (Fsp3) is 0.467. The van der Waals surface area contributed by atoms with Gasteiger partial charge in [-0.15, -0.1) is 0 Å². The van der Waals surface area contributed by atoms with Crippen molar-refractivity contribution >= 4 is 11.8 Å². The molecule has 0 heterocycles. The summed E-state index contributed by atoms with van der Waals surface area (Å²) in [5, 5.41) is 0. The van der Waals surface area contributed by atoms with E-state index in [1.807, 2.05) is 0 Å². The Hall–Kier alpha value is -1.84. The number of likely N-dealkylation sites (N-methyl/N-ethyl adjacent to an activating group) is 1. The zero-order valence-corrected chi connectivity index (χ0v) is 12.1. The molecule has 0 saturated carbocycles. The van der Waals surface area contributed by atoms with Gasteiger partial charge in [0.05, 0.1) is 0 Å². The number of carbonyl (C=O) groups excluding carboxylic acids is 2. The van der Waals surface area contributed by atoms with Gasteiger partial charge in [0.15, 0.2) is 0 Å². The summed E-state index contributed by atoms with van der Waals surface area (Å²) in [4.78, 5) is 23.5. The summed E-state index contributed by atoms with van der Waals surface area (Å²) in [6, 6.07) is 6.39. The van der Waals surface area contributed by atoms with Crippen LogP contribution in [0.5, 0.6) is 0 Å². The van der Waals surface area contributed by atoms with Gasteiger partial charge in [-0.3, -0.25) is 9.59 Å². The lowest BCUT2D eigenvalue weighted by molar-refractivity contribution is -0.143. The minimum absolute atomic E-state index is 0.476. The Labute approximate surface area is 114 Å². The standard InChI is InChI=1S/C15H22N2O2/c1-10(2)12-6-5-11(3)13(9-12)7-8-17(4)15(19)14(16)18/h5-6,9-10H,7-8H2,1-4H3,(H2,16,18). The molecule has 1 aromatic carbocycles. The molecule has 0 spiro atoms. The smallest absolute Gasteiger partial charge is 0.311 e. The fourth-order valence-electron chi connectivity index (χ4n) is 1.90. The predicted octanol–water partition coefficient (Wildman–Crippen LogP) is 1.60. The highest BCUT2D eigenvalue weighted by Gasteiger charge is 2.14. The van der Waals surface area contributed by atoms with Gasteiger partial charge in [-0.25, -0.2) is 0 Å². The summed E-state index contributed by atoms with van der Waals surface area (Å²) in [5.41, 5.74) is 8.65. The average Bonchev–Trinajstić information content (AvgIpc) is 2.35. The van der Waals surface area contributed by atoms with Crippen LogP contribution in [0.3, 0.4) is 0 Å². The van der Waals surface area contributed by atoms with Crippen LogP contribution in [0.15, 0.2) is 18.2 Å². The number of primary amides is 1. The summed E-state index contributed by atoms with van der Waals surface area (Å²) in [5.74, 6) is -1.07. The third-order valence-electron chi connectivity index (χ3n) is 3.31. The van der Waals surface area contributed by atoms with Gasteiger partial charge < -0.3 is 10.6 Å². The maximum atomic E-state index is 11.4. The SMILES string of the molecule is Cc1ccc(C(C)C)cc1CCN(C)C(=O)C(N)=O. The molecule has 0 unspecified atom stereocenters. The van der Waals surface area contributed by atoms with Crippen molar-refractivity contribution in [1.82, 2.24) is 4.90 Å². The zero-order chi connectivity index (χ0) is 14.6. The van der Waals surface area contributed by atoms with Crippen LogP contribution in [0, 0.1) is 6.92 Å². The molecule has 19 heavy (non-hydrogen) atoms. The molecule has 0 aromatic heterocycles. The Bertz CT molecular complexity index is 481. The lowest BCUT2D eigenvalue weighted by Crippen LogP contribution is -2.38. The maximum absolute atomic E-state index is 11.4. The van der Waals surface area contributed by atoms with Gasteiger partial charge >= 0.3 is 11.8 Å². The van der Waals surface area contributed by atoms with Crippen LogP contribution in [-0.2, 0) is 16.0 Å². The van der Waals surface area contributed by atoms with Gasteiger partial charge in [0.1, 0.15) is 0 Å². The number of benzene rings is 1. The van der Waals surface area contributed by atoms with Crippen molar-refractivity contribution < 1.29 is 9.59 Å². The summed E-state index contributed by atoms with van der Waals surface area (Å²) < 4.78 is 0. The topological polar surface area (TPSA) is 63.4 Å². The van der Waals surface area contributed by atoms with E-state index in [-0.39, 0.29) is 0 Å². The first-order valence-electron chi connectivity index (χ1n) is 6.47. The van der Waals surface area contributed by atoms with E-state index < -0.39 is 11.8 Å². The van der Waals surface area contributed by atoms with Crippen LogP contribution in [0.2, 0.25) is 0 Å². The first-order chi connectivity index (χ1) is 8.82. The van der Waals surface area contributed by atoms with E-state index in [2.05, 4.69) is 39.0 Å². The number of carbonyl (C=O) groups is 2. The van der Waals surface area contributed by atoms with E-state index in [4.69, 9.17) is 5.73 Å². The molecule has 0 radical (unpaired) electrons. The van der Waals surface area contributed by atoms with E-state index in [1.165, 1.54) is 21.6 Å². The first kappa shape index (κ1) is 15.2. The molecule has 104 valence electrons. The van der Waals surface area contributed by atoms with Crippen molar-refractivity contribution in [2.45, 2.75) is 33.1 Å². The summed E-state index contributed by atoms with van der Waals surface area (Å²) in [6.07, 6.45) is 0.724. The van der Waals surface area contributed by atoms with Crippen LogP contribution in [0.25, 0.3) is 0 Å². The summed E-state index contributed by atoms with van der Waals surface area (Å²) in [6.45, 7) is 6.84. The van der Waals surface area contributed by atoms with Gasteiger partial charge in [0, 0.05) is 13.6 Å². The molecule has 2 amide bonds. The second-order valence-electron chi connectivity index (χ2n) is 5.18. The minimum Gasteiger partial charge on any atom is -0.361 e. The Kier molecular flexibility index (Phi) is 5.10. The molecule has 0 atom stereocenters. The first-order valence-corrected chi connectivity index (χ1v) is 6.47. The van der Waals surface area contributed by atoms with Gasteiger partial charge in [0.2, 0.25) is 0 Å². The summed E-state index contributed by atoms with van der Waals surface area (Å²) >= 11 is 0. The molecule has 0 bridgehead atoms. The second-order valence-corrected chi connectivity index (χ2v) is 5.18. The Morgan fingerprint density at radius 1 is 1.32 bits per heavy atom. The predicted molar refractivity (Wildman–Crippen MR) is 75.8 cm³/mol. The Morgan fingerprint density at radius 3 is 2.47 bits per heavy atom. The Morgan fingerprint density at radius 2 is 1.95 bits per heavy atom. The van der Waals surface area contributed by atoms with E-state index >= 15 is 0 Å². The quantitative estimate of drug-likeness (QED) is 0.838. The van der Waals surface area contributed by atoms with E-state index in [0.29, 0.717) is 12.5 Å². The van der Waals surface area contributed by atoms with Crippen molar-refractivity contribution in [2.75, 3.05) is 13.6 Å². The lowest BCUT2D eigenvalue weighted by atomic mass is 9.96. The largest absolute Gasteiger partial charge is 0.361 e. The minimum atomic E-state index is -0.907. The molecule has 4 heteroatoms. The molecular formula is C15H22N2O2. The normalized spacial score (nSPS) is 10.6. The van der Waals surface area contributed by atoms with Crippen molar-refractivity contribution in [2.24, 2.45) is 5.73 Å². The molecule has 0 aliphatic heterocycles. The second kappa shape index (κ2) is 6.36. The number of aryl methyl sites for hydroxylation is 1. The van der Waals surface area contributed by atoms with Crippen LogP contribution >= 0.6 is 0 Å². The van der Waals surface area contributed by atoms with Crippen LogP contribution in [0.1, 0.15) is 36.5 Å². The average molecular weight is 262 g/mol. The molecule has 2 N–H and O–H groups in total. The molecule has 0 aliphatic carbocycles. The highest BCUT2D eigenvalue weighted by atomic mass is 16.2. The zero-order valence-electron chi connectivity index (χ0n) is 12.1. The number of nitrogens with two attached hydrogens (primary N) is 1. The monoisotopic (exact) mass is 262 g/mol. The number of rotatable bonds is 4. The van der Waals surface area contributed by atoms with Gasteiger partial charge in [-0.1, -0.05) is 32.0 Å². The van der Waals surface area contributed by atoms with Crippen molar-refractivity contribution in [3.05, 3.63) is 34.9 Å². The van der Waals surface area contributed by atoms with Crippen molar-refractivity contribution in [3.8, 4) is 0 Å². The molecule has 1 rings (SSSR count). The summed E-state index contributed by atoms with van der Waals surface area (Å²) in [7, 11) is 1.59. The van der Waals surface area contributed by atoms with Gasteiger partial charge in [-0.2, -0.15) is 0 Å². The molecule has 0 fully saturated rings. The molecule has 1 aromatic rings. The van der Waals surface area contributed by atoms with E-state index in [0.717, 1.165) is 6.42 Å². The number of nitrogens with zero attached hydrogens (tertiary/aromatic N) is 1. The van der Waals surface area contributed by atoms with Gasteiger partial charge in [-0.05, 0) is 36.0 Å². The van der Waals surface area contributed by atoms with E-state index in [1.54, 1.807) is 7.05 Å². The van der Waals surface area contributed by atoms with Crippen molar-refractivity contribution in [1.29, 1.82) is 0 Å². The fourth-order valence-corrected chi connectivity index (χ4v) is 1.90. The molecule has 0 saturated heterocycles. The van der Waals surface area contributed by atoms with E-state index in [9.17, 15) is 9.59 Å². The van der Waals surface area contributed by atoms with Crippen LogP contribution in [0.4, 0.5) is 0 Å². The van der Waals surface area contributed by atoms with Crippen LogP contribution in [-0.4, -0.2) is 30.3 Å². The Balaban J connectivity index is 2.74. The highest BCUT2D eigenvalue weighted by molar-refractivity contribution is 6.34. The number of hydrogen-bond acceptors (Lipinski definition) is 2. The maximum Gasteiger partial charge on any atom is 0.311 e. The lowest BCUT2D eigenvalue weighted by Gasteiger charge is -2.17. The molecular weight excluding hydrogens is 240 g/mol. The van der Waals surface area contributed by atoms with Crippen LogP contribution < -0.4 is 5.73 Å². The third-order valence-corrected chi connectivity index (χ3v) is 3.31. The molecule has 4 nitrogen and oxygen atoms in total. The third kappa shape index (κ3) is 4.09. The van der Waals surface area contributed by atoms with Gasteiger partial charge in [0.25, 0.3) is 0 Å². The number of amides is 2. The molecule has 0 aliphatic rings. The number of hydrogen-bond donors (Lipinski definition) is 1. The van der Waals surface area contributed by atoms with Crippen molar-refractivity contribution in [3.63, 3.8) is 0 Å².